The lowest BCUT2D eigenvalue weighted by molar-refractivity contribution is -0.152. The summed E-state index contributed by atoms with van der Waals surface area (Å²) < 4.78 is 8.98. The minimum atomic E-state index is -0.694. The molecule has 0 N–H and O–H groups in total. The van der Waals surface area contributed by atoms with Gasteiger partial charge in [0.2, 0.25) is 0 Å². The highest BCUT2D eigenvalue weighted by atomic mass is 16.6. The third-order valence-corrected chi connectivity index (χ3v) is 1.02. The predicted molar refractivity (Wildman–Crippen MR) is 46.9 cm³/mol. The van der Waals surface area contributed by atoms with Crippen LogP contribution in [0.25, 0.3) is 0 Å². The standard InChI is InChI=1S/C9H12O4/c1-3-5-8(10)13-9(11)6-4-7-12-2/h3-6H,7H2,1-2H3/b5-3+,6-4+. The number of rotatable bonds is 4. The quantitative estimate of drug-likeness (QED) is 0.369. The van der Waals surface area contributed by atoms with Gasteiger partial charge in [0.05, 0.1) is 6.61 Å². The van der Waals surface area contributed by atoms with Crippen LogP contribution in [0, 0.1) is 0 Å². The minimum Gasteiger partial charge on any atom is -0.387 e. The highest BCUT2D eigenvalue weighted by molar-refractivity contribution is 5.96. The van der Waals surface area contributed by atoms with Crippen molar-refractivity contribution in [2.24, 2.45) is 0 Å². The molecule has 0 fully saturated rings. The van der Waals surface area contributed by atoms with E-state index in [-0.39, 0.29) is 0 Å². The fourth-order valence-electron chi connectivity index (χ4n) is 0.544. The van der Waals surface area contributed by atoms with Crippen molar-refractivity contribution < 1.29 is 19.1 Å². The average Bonchev–Trinajstić information content (AvgIpc) is 2.05. The van der Waals surface area contributed by atoms with Crippen molar-refractivity contribution in [1.29, 1.82) is 0 Å². The number of carbonyl (C=O) groups excluding carboxylic acids is 2. The lowest BCUT2D eigenvalue weighted by Gasteiger charge is -1.93. The van der Waals surface area contributed by atoms with Crippen molar-refractivity contribution >= 4 is 11.9 Å². The van der Waals surface area contributed by atoms with Crippen molar-refractivity contribution in [3.05, 3.63) is 24.3 Å². The minimum absolute atomic E-state index is 0.312. The van der Waals surface area contributed by atoms with Gasteiger partial charge in [0, 0.05) is 19.3 Å². The smallest absolute Gasteiger partial charge is 0.338 e. The Morgan fingerprint density at radius 2 is 1.85 bits per heavy atom. The summed E-state index contributed by atoms with van der Waals surface area (Å²) in [5.41, 5.74) is 0. The van der Waals surface area contributed by atoms with E-state index >= 15 is 0 Å². The molecule has 0 rings (SSSR count). The van der Waals surface area contributed by atoms with Gasteiger partial charge < -0.3 is 9.47 Å². The van der Waals surface area contributed by atoms with Gasteiger partial charge in [-0.3, -0.25) is 0 Å². The number of hydrogen-bond donors (Lipinski definition) is 0. The third kappa shape index (κ3) is 6.96. The molecule has 13 heavy (non-hydrogen) atoms. The van der Waals surface area contributed by atoms with Crippen LogP contribution in [0.3, 0.4) is 0 Å². The zero-order valence-corrected chi connectivity index (χ0v) is 7.65. The van der Waals surface area contributed by atoms with E-state index in [0.29, 0.717) is 6.61 Å². The molecular weight excluding hydrogens is 172 g/mol. The molecule has 72 valence electrons. The van der Waals surface area contributed by atoms with Crippen LogP contribution in [0.2, 0.25) is 0 Å². The lowest BCUT2D eigenvalue weighted by Crippen LogP contribution is -2.07. The van der Waals surface area contributed by atoms with Crippen LogP contribution >= 0.6 is 0 Å². The summed E-state index contributed by atoms with van der Waals surface area (Å²) in [4.78, 5) is 21.5. The Balaban J connectivity index is 3.80. The normalized spacial score (nSPS) is 10.9. The van der Waals surface area contributed by atoms with Crippen molar-refractivity contribution in [1.82, 2.24) is 0 Å². The van der Waals surface area contributed by atoms with Gasteiger partial charge in [0.15, 0.2) is 0 Å². The number of hydrogen-bond acceptors (Lipinski definition) is 4. The summed E-state index contributed by atoms with van der Waals surface area (Å²) in [6.07, 6.45) is 5.27. The molecule has 4 heteroatoms. The van der Waals surface area contributed by atoms with Gasteiger partial charge in [-0.15, -0.1) is 0 Å². The highest BCUT2D eigenvalue weighted by Crippen LogP contribution is 1.86. The molecule has 0 aromatic carbocycles. The van der Waals surface area contributed by atoms with Gasteiger partial charge in [-0.1, -0.05) is 12.2 Å². The maximum absolute atomic E-state index is 10.8. The van der Waals surface area contributed by atoms with Gasteiger partial charge in [-0.25, -0.2) is 9.59 Å². The highest BCUT2D eigenvalue weighted by Gasteiger charge is 2.01. The molecule has 0 unspecified atom stereocenters. The second-order valence-electron chi connectivity index (χ2n) is 2.10. The van der Waals surface area contributed by atoms with Gasteiger partial charge >= 0.3 is 11.9 Å². The molecule has 0 saturated heterocycles. The van der Waals surface area contributed by atoms with E-state index in [1.165, 1.54) is 25.3 Å². The predicted octanol–water partition coefficient (Wildman–Crippen LogP) is 0.835. The monoisotopic (exact) mass is 184 g/mol. The Bertz CT molecular complexity index is 228. The number of esters is 2. The molecule has 0 aliphatic heterocycles. The number of carbonyl (C=O) groups is 2. The SMILES string of the molecule is C/C=C/C(=O)OC(=O)/C=C/COC. The molecule has 4 nitrogen and oxygen atoms in total. The Labute approximate surface area is 76.8 Å². The molecule has 0 amide bonds. The molecule has 0 aliphatic rings. The van der Waals surface area contributed by atoms with Crippen LogP contribution in [0.1, 0.15) is 6.92 Å². The van der Waals surface area contributed by atoms with E-state index in [2.05, 4.69) is 9.47 Å². The van der Waals surface area contributed by atoms with Gasteiger partial charge in [-0.05, 0) is 6.92 Å². The van der Waals surface area contributed by atoms with Crippen LogP contribution < -0.4 is 0 Å². The molecule has 0 atom stereocenters. The average molecular weight is 184 g/mol. The fraction of sp³-hybridized carbons (Fsp3) is 0.333. The molecule has 0 saturated carbocycles. The lowest BCUT2D eigenvalue weighted by atomic mass is 10.5. The molecule has 0 heterocycles. The third-order valence-electron chi connectivity index (χ3n) is 1.02. The van der Waals surface area contributed by atoms with Gasteiger partial charge in [0.1, 0.15) is 0 Å². The van der Waals surface area contributed by atoms with E-state index in [1.54, 1.807) is 6.92 Å². The summed E-state index contributed by atoms with van der Waals surface area (Å²) in [6.45, 7) is 1.97. The van der Waals surface area contributed by atoms with Gasteiger partial charge in [0.25, 0.3) is 0 Å². The Hall–Kier alpha value is -1.42. The summed E-state index contributed by atoms with van der Waals surface area (Å²) in [5, 5.41) is 0. The van der Waals surface area contributed by atoms with Crippen molar-refractivity contribution in [3.63, 3.8) is 0 Å². The summed E-state index contributed by atoms with van der Waals surface area (Å²) in [6, 6.07) is 0. The largest absolute Gasteiger partial charge is 0.387 e. The fourth-order valence-corrected chi connectivity index (χ4v) is 0.544. The van der Waals surface area contributed by atoms with Crippen molar-refractivity contribution in [2.45, 2.75) is 6.92 Å². The van der Waals surface area contributed by atoms with E-state index in [0.717, 1.165) is 6.08 Å². The maximum Gasteiger partial charge on any atom is 0.338 e. The zero-order chi connectivity index (χ0) is 10.1. The first kappa shape index (κ1) is 11.6. The van der Waals surface area contributed by atoms with E-state index in [9.17, 15) is 9.59 Å². The maximum atomic E-state index is 10.8. The van der Waals surface area contributed by atoms with E-state index < -0.39 is 11.9 Å². The zero-order valence-electron chi connectivity index (χ0n) is 7.65. The first-order valence-corrected chi connectivity index (χ1v) is 3.74. The Morgan fingerprint density at radius 3 is 2.38 bits per heavy atom. The van der Waals surface area contributed by atoms with Gasteiger partial charge in [-0.2, -0.15) is 0 Å². The second kappa shape index (κ2) is 7.24. The van der Waals surface area contributed by atoms with Crippen molar-refractivity contribution in [2.75, 3.05) is 13.7 Å². The summed E-state index contributed by atoms with van der Waals surface area (Å²) in [7, 11) is 1.50. The second-order valence-corrected chi connectivity index (χ2v) is 2.10. The van der Waals surface area contributed by atoms with Crippen LogP contribution in [0.5, 0.6) is 0 Å². The van der Waals surface area contributed by atoms with Crippen LogP contribution in [0.15, 0.2) is 24.3 Å². The molecule has 0 radical (unpaired) electrons. The molecule has 0 aliphatic carbocycles. The summed E-state index contributed by atoms with van der Waals surface area (Å²) in [5.74, 6) is -1.37. The van der Waals surface area contributed by atoms with Crippen LogP contribution in [0.4, 0.5) is 0 Å². The first-order chi connectivity index (χ1) is 6.20. The first-order valence-electron chi connectivity index (χ1n) is 3.74. The molecule has 0 bridgehead atoms. The van der Waals surface area contributed by atoms with E-state index in [4.69, 9.17) is 0 Å². The van der Waals surface area contributed by atoms with Crippen LogP contribution in [-0.2, 0) is 19.1 Å². The molecule has 0 aromatic rings. The number of allylic oxidation sites excluding steroid dienone is 1. The molecule has 0 spiro atoms. The van der Waals surface area contributed by atoms with E-state index in [1.807, 2.05) is 0 Å². The van der Waals surface area contributed by atoms with Crippen molar-refractivity contribution in [3.8, 4) is 0 Å². The summed E-state index contributed by atoms with van der Waals surface area (Å²) >= 11 is 0. The Morgan fingerprint density at radius 1 is 1.23 bits per heavy atom. The topological polar surface area (TPSA) is 52.6 Å². The number of methoxy groups -OCH3 is 1. The van der Waals surface area contributed by atoms with Crippen LogP contribution in [-0.4, -0.2) is 25.7 Å². The Kier molecular flexibility index (Phi) is 6.45. The number of ether oxygens (including phenoxy) is 2. The molecule has 0 aromatic heterocycles. The molecular formula is C9H12O4.